The van der Waals surface area contributed by atoms with E-state index in [4.69, 9.17) is 37.0 Å². The third kappa shape index (κ3) is 69.0. The van der Waals surface area contributed by atoms with Crippen LogP contribution in [0.4, 0.5) is 0 Å². The molecule has 0 aliphatic rings. The summed E-state index contributed by atoms with van der Waals surface area (Å²) in [5.41, 5.74) is 0. The number of rotatable bonds is 74. The highest BCUT2D eigenvalue weighted by atomic mass is 31.2. The fourth-order valence-electron chi connectivity index (χ4n) is 11.6. The zero-order valence-electron chi connectivity index (χ0n) is 62.1. The molecule has 0 heterocycles. The maximum atomic E-state index is 13.1. The van der Waals surface area contributed by atoms with Crippen LogP contribution in [0, 0.1) is 17.8 Å². The second-order valence-electron chi connectivity index (χ2n) is 28.6. The van der Waals surface area contributed by atoms with E-state index in [2.05, 4.69) is 48.5 Å². The quantitative estimate of drug-likeness (QED) is 0.0222. The van der Waals surface area contributed by atoms with Gasteiger partial charge in [-0.15, -0.1) is 0 Å². The summed E-state index contributed by atoms with van der Waals surface area (Å²) in [5.74, 6) is 0.255. The fraction of sp³-hybridized carbons (Fsp3) is 0.947. The number of esters is 4. The number of carbonyl (C=O) groups excluding carboxylic acids is 4. The number of aliphatic hydroxyl groups is 1. The third-order valence-electron chi connectivity index (χ3n) is 18.0. The standard InChI is InChI=1S/C76H148O17P2/c1-8-10-11-12-13-26-36-43-50-57-73(78)86-63-71(93-76(81)60-53-46-39-32-25-28-34-41-48-55-68(5)6)65-90-94(82,83)88-61-70(77)62-89-95(84,85)91-66-72(64-87-74(79)58-51-44-37-30-23-20-16-17-21-27-33-40-47-54-67(3)4)92-75(80)59-52-45-38-31-24-19-15-14-18-22-29-35-42-49-56-69(7)9-2/h67-72,77H,8-66H2,1-7H3,(H,82,83)(H,84,85)/t69?,70-,71+,72+/m0/s1. The first kappa shape index (κ1) is 93.1. The van der Waals surface area contributed by atoms with Crippen LogP contribution in [0.15, 0.2) is 0 Å². The number of phosphoric acid groups is 2. The largest absolute Gasteiger partial charge is 0.472 e. The van der Waals surface area contributed by atoms with Gasteiger partial charge in [-0.05, 0) is 43.4 Å². The first-order valence-corrected chi connectivity index (χ1v) is 42.4. The van der Waals surface area contributed by atoms with Gasteiger partial charge in [0.05, 0.1) is 26.4 Å². The Labute approximate surface area is 581 Å². The average Bonchev–Trinajstić information content (AvgIpc) is 1.96. The lowest BCUT2D eigenvalue weighted by Gasteiger charge is -2.21. The Morgan fingerprint density at radius 3 is 0.800 bits per heavy atom. The van der Waals surface area contributed by atoms with Gasteiger partial charge in [0.15, 0.2) is 12.2 Å². The summed E-state index contributed by atoms with van der Waals surface area (Å²) in [6.07, 6.45) is 52.6. The second-order valence-corrected chi connectivity index (χ2v) is 31.5. The predicted octanol–water partition coefficient (Wildman–Crippen LogP) is 22.2. The van der Waals surface area contributed by atoms with Gasteiger partial charge in [-0.2, -0.15) is 0 Å². The molecule has 3 N–H and O–H groups in total. The molecule has 0 aliphatic heterocycles. The normalized spacial score (nSPS) is 14.4. The lowest BCUT2D eigenvalue weighted by Crippen LogP contribution is -2.30. The van der Waals surface area contributed by atoms with Crippen LogP contribution in [0.25, 0.3) is 0 Å². The van der Waals surface area contributed by atoms with Gasteiger partial charge in [-0.3, -0.25) is 37.3 Å². The van der Waals surface area contributed by atoms with Gasteiger partial charge < -0.3 is 33.8 Å². The van der Waals surface area contributed by atoms with Gasteiger partial charge in [0.25, 0.3) is 0 Å². The van der Waals surface area contributed by atoms with Crippen molar-refractivity contribution in [2.75, 3.05) is 39.6 Å². The zero-order valence-corrected chi connectivity index (χ0v) is 63.9. The molecule has 0 aromatic carbocycles. The van der Waals surface area contributed by atoms with Crippen LogP contribution in [-0.4, -0.2) is 96.7 Å². The van der Waals surface area contributed by atoms with Gasteiger partial charge in [-0.25, -0.2) is 9.13 Å². The van der Waals surface area contributed by atoms with E-state index in [0.717, 1.165) is 108 Å². The van der Waals surface area contributed by atoms with Crippen molar-refractivity contribution in [2.24, 2.45) is 17.8 Å². The lowest BCUT2D eigenvalue weighted by atomic mass is 9.99. The van der Waals surface area contributed by atoms with Crippen LogP contribution >= 0.6 is 15.6 Å². The van der Waals surface area contributed by atoms with Crippen molar-refractivity contribution in [3.05, 3.63) is 0 Å². The fourth-order valence-corrected chi connectivity index (χ4v) is 13.1. The third-order valence-corrected chi connectivity index (χ3v) is 19.9. The number of hydrogen-bond acceptors (Lipinski definition) is 15. The molecule has 6 atom stereocenters. The van der Waals surface area contributed by atoms with Gasteiger partial charge in [0.2, 0.25) is 0 Å². The van der Waals surface area contributed by atoms with E-state index in [-0.39, 0.29) is 25.7 Å². The monoisotopic (exact) mass is 1400 g/mol. The Morgan fingerprint density at radius 1 is 0.305 bits per heavy atom. The van der Waals surface area contributed by atoms with E-state index in [1.807, 2.05) is 0 Å². The van der Waals surface area contributed by atoms with Crippen molar-refractivity contribution < 1.29 is 80.2 Å². The van der Waals surface area contributed by atoms with E-state index in [9.17, 15) is 43.2 Å². The topological polar surface area (TPSA) is 237 Å². The lowest BCUT2D eigenvalue weighted by molar-refractivity contribution is -0.161. The summed E-state index contributed by atoms with van der Waals surface area (Å²) in [6.45, 7) is 11.9. The molecule has 3 unspecified atom stereocenters. The molecule has 0 aromatic rings. The Balaban J connectivity index is 5.23. The summed E-state index contributed by atoms with van der Waals surface area (Å²) in [6, 6.07) is 0. The molecule has 0 radical (unpaired) electrons. The van der Waals surface area contributed by atoms with Crippen molar-refractivity contribution in [1.82, 2.24) is 0 Å². The van der Waals surface area contributed by atoms with Gasteiger partial charge in [0.1, 0.15) is 19.3 Å². The molecule has 95 heavy (non-hydrogen) atoms. The van der Waals surface area contributed by atoms with Crippen molar-refractivity contribution in [1.29, 1.82) is 0 Å². The molecule has 0 saturated carbocycles. The summed E-state index contributed by atoms with van der Waals surface area (Å²) in [4.78, 5) is 72.8. The number of phosphoric ester groups is 2. The molecular weight excluding hydrogens is 1250 g/mol. The van der Waals surface area contributed by atoms with Gasteiger partial charge in [-0.1, -0.05) is 337 Å². The highest BCUT2D eigenvalue weighted by molar-refractivity contribution is 7.47. The van der Waals surface area contributed by atoms with Crippen LogP contribution in [0.5, 0.6) is 0 Å². The molecule has 19 heteroatoms. The zero-order chi connectivity index (χ0) is 70.1. The van der Waals surface area contributed by atoms with Crippen LogP contribution in [0.3, 0.4) is 0 Å². The summed E-state index contributed by atoms with van der Waals surface area (Å²) in [7, 11) is -9.91. The molecule has 0 aromatic heterocycles. The van der Waals surface area contributed by atoms with Crippen LogP contribution in [0.2, 0.25) is 0 Å². The Bertz CT molecular complexity index is 1850. The van der Waals surface area contributed by atoms with E-state index in [1.165, 1.54) is 199 Å². The van der Waals surface area contributed by atoms with Gasteiger partial charge in [0, 0.05) is 25.7 Å². The summed E-state index contributed by atoms with van der Waals surface area (Å²) in [5, 5.41) is 10.6. The minimum atomic E-state index is -4.96. The van der Waals surface area contributed by atoms with Crippen molar-refractivity contribution >= 4 is 39.5 Å². The minimum Gasteiger partial charge on any atom is -0.462 e. The maximum absolute atomic E-state index is 13.1. The molecule has 0 aliphatic carbocycles. The number of ether oxygens (including phenoxy) is 4. The highest BCUT2D eigenvalue weighted by Gasteiger charge is 2.30. The molecule has 0 spiro atoms. The van der Waals surface area contributed by atoms with Crippen molar-refractivity contribution in [3.8, 4) is 0 Å². The van der Waals surface area contributed by atoms with Crippen molar-refractivity contribution in [2.45, 2.75) is 407 Å². The van der Waals surface area contributed by atoms with Crippen LogP contribution < -0.4 is 0 Å². The molecule has 0 amide bonds. The summed E-state index contributed by atoms with van der Waals surface area (Å²) >= 11 is 0. The summed E-state index contributed by atoms with van der Waals surface area (Å²) < 4.78 is 68.5. The van der Waals surface area contributed by atoms with Crippen LogP contribution in [0.1, 0.15) is 389 Å². The first-order chi connectivity index (χ1) is 45.8. The molecule has 0 bridgehead atoms. The highest BCUT2D eigenvalue weighted by Crippen LogP contribution is 2.45. The van der Waals surface area contributed by atoms with E-state index in [1.54, 1.807) is 0 Å². The molecule has 564 valence electrons. The molecule has 0 rings (SSSR count). The number of unbranched alkanes of at least 4 members (excludes halogenated alkanes) is 41. The smallest absolute Gasteiger partial charge is 0.462 e. The van der Waals surface area contributed by atoms with E-state index < -0.39 is 97.5 Å². The Kier molecular flexibility index (Phi) is 65.2. The number of carbonyl (C=O) groups is 4. The Morgan fingerprint density at radius 2 is 0.537 bits per heavy atom. The Hall–Kier alpha value is -1.94. The number of hydrogen-bond donors (Lipinski definition) is 3. The second kappa shape index (κ2) is 66.6. The minimum absolute atomic E-state index is 0.105. The maximum Gasteiger partial charge on any atom is 0.472 e. The molecular formula is C76H148O17P2. The molecule has 17 nitrogen and oxygen atoms in total. The predicted molar refractivity (Wildman–Crippen MR) is 386 cm³/mol. The van der Waals surface area contributed by atoms with Gasteiger partial charge >= 0.3 is 39.5 Å². The van der Waals surface area contributed by atoms with E-state index in [0.29, 0.717) is 25.7 Å². The number of aliphatic hydroxyl groups excluding tert-OH is 1. The molecule has 0 fully saturated rings. The van der Waals surface area contributed by atoms with E-state index >= 15 is 0 Å². The molecule has 0 saturated heterocycles. The SMILES string of the molecule is CCCCCCCCCCCC(=O)OC[C@H](COP(=O)(O)OC[C@H](O)COP(=O)(O)OC[C@@H](COC(=O)CCCCCCCCCCCCCCCC(C)C)OC(=O)CCCCCCCCCCCCCCCCC(C)CC)OC(=O)CCCCCCCCCCCC(C)C. The van der Waals surface area contributed by atoms with Crippen LogP contribution in [-0.2, 0) is 65.4 Å². The van der Waals surface area contributed by atoms with Crippen molar-refractivity contribution in [3.63, 3.8) is 0 Å². The average molecular weight is 1400 g/mol. The first-order valence-electron chi connectivity index (χ1n) is 39.4.